The summed E-state index contributed by atoms with van der Waals surface area (Å²) in [5.74, 6) is 2.07. The highest BCUT2D eigenvalue weighted by Crippen LogP contribution is 2.22. The Morgan fingerprint density at radius 1 is 1.03 bits per heavy atom. The zero-order valence-corrected chi connectivity index (χ0v) is 21.4. The van der Waals surface area contributed by atoms with Crippen molar-refractivity contribution in [2.45, 2.75) is 124 Å². The first-order valence-corrected chi connectivity index (χ1v) is 13.0. The fourth-order valence-corrected chi connectivity index (χ4v) is 4.37. The molecule has 2 N–H and O–H groups in total. The van der Waals surface area contributed by atoms with Crippen LogP contribution in [0.4, 0.5) is 0 Å². The lowest BCUT2D eigenvalue weighted by molar-refractivity contribution is -0.149. The van der Waals surface area contributed by atoms with E-state index in [-0.39, 0.29) is 19.0 Å². The molecule has 1 aliphatic rings. The maximum Gasteiger partial charge on any atom is 0.309 e. The van der Waals surface area contributed by atoms with Crippen molar-refractivity contribution in [3.8, 4) is 0 Å². The molecule has 1 fully saturated rings. The quantitative estimate of drug-likeness (QED) is 0.214. The summed E-state index contributed by atoms with van der Waals surface area (Å²) in [5, 5.41) is 19.7. The molecular formula is C27H50O5. The second-order valence-electron chi connectivity index (χ2n) is 10.6. The number of ether oxygens (including phenoxy) is 2. The first kappa shape index (κ1) is 29.1. The summed E-state index contributed by atoms with van der Waals surface area (Å²) in [6.45, 7) is 11.7. The van der Waals surface area contributed by atoms with Crippen LogP contribution in [-0.4, -0.2) is 47.7 Å². The molecule has 5 heteroatoms. The van der Waals surface area contributed by atoms with Crippen molar-refractivity contribution in [2.75, 3.05) is 13.2 Å². The van der Waals surface area contributed by atoms with Crippen molar-refractivity contribution in [1.82, 2.24) is 0 Å². The first-order valence-electron chi connectivity index (χ1n) is 13.0. The average molecular weight is 455 g/mol. The van der Waals surface area contributed by atoms with E-state index in [4.69, 9.17) is 9.47 Å². The van der Waals surface area contributed by atoms with Crippen molar-refractivity contribution in [1.29, 1.82) is 0 Å². The predicted molar refractivity (Wildman–Crippen MR) is 130 cm³/mol. The number of carbonyl (C=O) groups excluding carboxylic acids is 1. The Bertz CT molecular complexity index is 530. The molecule has 5 nitrogen and oxygen atoms in total. The molecule has 0 aromatic carbocycles. The van der Waals surface area contributed by atoms with E-state index in [0.717, 1.165) is 30.6 Å². The largest absolute Gasteiger partial charge is 0.463 e. The molecule has 188 valence electrons. The van der Waals surface area contributed by atoms with Crippen LogP contribution in [0.3, 0.4) is 0 Å². The first-order chi connectivity index (χ1) is 15.2. The van der Waals surface area contributed by atoms with Gasteiger partial charge in [-0.25, -0.2) is 0 Å². The molecule has 0 spiro atoms. The van der Waals surface area contributed by atoms with Gasteiger partial charge in [-0.15, -0.1) is 0 Å². The number of hydrogen-bond donors (Lipinski definition) is 2. The lowest BCUT2D eigenvalue weighted by Gasteiger charge is -2.20. The average Bonchev–Trinajstić information content (AvgIpc) is 3.16. The van der Waals surface area contributed by atoms with Crippen LogP contribution in [0.15, 0.2) is 11.6 Å². The maximum absolute atomic E-state index is 11.9. The molecule has 1 heterocycles. The predicted octanol–water partition coefficient (Wildman–Crippen LogP) is 5.82. The Balaban J connectivity index is 2.08. The summed E-state index contributed by atoms with van der Waals surface area (Å²) in [6, 6.07) is 0. The Kier molecular flexibility index (Phi) is 15.2. The number of carbonyl (C=O) groups is 1. The van der Waals surface area contributed by atoms with Crippen LogP contribution >= 0.6 is 0 Å². The molecule has 0 radical (unpaired) electrons. The number of esters is 1. The molecule has 1 aliphatic heterocycles. The van der Waals surface area contributed by atoms with E-state index < -0.39 is 18.3 Å². The molecule has 0 aliphatic carbocycles. The zero-order valence-electron chi connectivity index (χ0n) is 21.4. The molecule has 1 saturated heterocycles. The minimum Gasteiger partial charge on any atom is -0.463 e. The molecule has 0 aromatic rings. The van der Waals surface area contributed by atoms with Gasteiger partial charge in [-0.2, -0.15) is 0 Å². The molecule has 0 aromatic heterocycles. The summed E-state index contributed by atoms with van der Waals surface area (Å²) in [5.41, 5.74) is 1.21. The highest BCUT2D eigenvalue weighted by Gasteiger charge is 2.33. The molecular weight excluding hydrogens is 404 g/mol. The van der Waals surface area contributed by atoms with Crippen LogP contribution in [0.1, 0.15) is 105 Å². The van der Waals surface area contributed by atoms with Crippen molar-refractivity contribution >= 4 is 5.97 Å². The lowest BCUT2D eigenvalue weighted by atomic mass is 9.91. The van der Waals surface area contributed by atoms with Gasteiger partial charge < -0.3 is 19.7 Å². The van der Waals surface area contributed by atoms with E-state index >= 15 is 0 Å². The Morgan fingerprint density at radius 2 is 1.62 bits per heavy atom. The number of rotatable bonds is 17. The zero-order chi connectivity index (χ0) is 23.9. The van der Waals surface area contributed by atoms with Gasteiger partial charge in [-0.1, -0.05) is 84.3 Å². The summed E-state index contributed by atoms with van der Waals surface area (Å²) in [7, 11) is 0. The van der Waals surface area contributed by atoms with Crippen LogP contribution in [0.25, 0.3) is 0 Å². The standard InChI is InChI=1S/C27H50O5/c1-20(2)9-6-10-21(3)11-7-12-22(4)13-8-14-23(5)15-16-26(30)32-19-25(29)27-24(28)17-18-31-27/h15,20-22,24-25,27-29H,6-14,16-19H2,1-5H3/b23-15+/t21?,22?,24-,25-,27?/m1/s1. The lowest BCUT2D eigenvalue weighted by Crippen LogP contribution is -2.38. The molecule has 3 unspecified atom stereocenters. The van der Waals surface area contributed by atoms with Gasteiger partial charge >= 0.3 is 5.97 Å². The monoisotopic (exact) mass is 454 g/mol. The van der Waals surface area contributed by atoms with E-state index in [1.807, 2.05) is 6.08 Å². The van der Waals surface area contributed by atoms with E-state index in [0.29, 0.717) is 13.0 Å². The third-order valence-electron chi connectivity index (χ3n) is 6.65. The molecule has 32 heavy (non-hydrogen) atoms. The third-order valence-corrected chi connectivity index (χ3v) is 6.65. The molecule has 0 bridgehead atoms. The van der Waals surface area contributed by atoms with Gasteiger partial charge in [0.1, 0.15) is 18.8 Å². The Morgan fingerprint density at radius 3 is 2.19 bits per heavy atom. The summed E-state index contributed by atoms with van der Waals surface area (Å²) >= 11 is 0. The van der Waals surface area contributed by atoms with Crippen LogP contribution < -0.4 is 0 Å². The van der Waals surface area contributed by atoms with Crippen molar-refractivity contribution in [3.63, 3.8) is 0 Å². The van der Waals surface area contributed by atoms with Crippen molar-refractivity contribution in [3.05, 3.63) is 11.6 Å². The van der Waals surface area contributed by atoms with E-state index in [9.17, 15) is 15.0 Å². The molecule has 0 amide bonds. The topological polar surface area (TPSA) is 76.0 Å². The summed E-state index contributed by atoms with van der Waals surface area (Å²) in [4.78, 5) is 11.9. The fourth-order valence-electron chi connectivity index (χ4n) is 4.37. The number of allylic oxidation sites excluding steroid dienone is 1. The van der Waals surface area contributed by atoms with E-state index in [1.165, 1.54) is 50.5 Å². The SMILES string of the molecule is C/C(=C\CC(=O)OC[C@@H](O)C1OCC[C@H]1O)CCCC(C)CCCC(C)CCCC(C)C. The molecule has 1 rings (SSSR count). The van der Waals surface area contributed by atoms with Gasteiger partial charge in [-0.05, 0) is 43.9 Å². The second kappa shape index (κ2) is 16.7. The number of hydrogen-bond acceptors (Lipinski definition) is 5. The summed E-state index contributed by atoms with van der Waals surface area (Å²) in [6.07, 6.45) is 11.8. The fraction of sp³-hybridized carbons (Fsp3) is 0.889. The molecule has 5 atom stereocenters. The number of aliphatic hydroxyl groups is 2. The van der Waals surface area contributed by atoms with Gasteiger partial charge in [-0.3, -0.25) is 4.79 Å². The molecule has 0 saturated carbocycles. The highest BCUT2D eigenvalue weighted by molar-refractivity contribution is 5.71. The minimum absolute atomic E-state index is 0.138. The Labute approximate surface area is 197 Å². The van der Waals surface area contributed by atoms with Crippen LogP contribution in [-0.2, 0) is 14.3 Å². The third kappa shape index (κ3) is 13.6. The smallest absolute Gasteiger partial charge is 0.309 e. The van der Waals surface area contributed by atoms with Gasteiger partial charge in [0.25, 0.3) is 0 Å². The normalized spacial score (nSPS) is 22.2. The summed E-state index contributed by atoms with van der Waals surface area (Å²) < 4.78 is 10.4. The highest BCUT2D eigenvalue weighted by atomic mass is 16.6. The van der Waals surface area contributed by atoms with Gasteiger partial charge in [0, 0.05) is 6.61 Å². The second-order valence-corrected chi connectivity index (χ2v) is 10.6. The van der Waals surface area contributed by atoms with Crippen LogP contribution in [0.5, 0.6) is 0 Å². The van der Waals surface area contributed by atoms with Crippen molar-refractivity contribution < 1.29 is 24.5 Å². The van der Waals surface area contributed by atoms with Crippen LogP contribution in [0.2, 0.25) is 0 Å². The van der Waals surface area contributed by atoms with Gasteiger partial charge in [0.15, 0.2) is 0 Å². The van der Waals surface area contributed by atoms with Crippen molar-refractivity contribution in [2.24, 2.45) is 17.8 Å². The maximum atomic E-state index is 11.9. The van der Waals surface area contributed by atoms with Gasteiger partial charge in [0.2, 0.25) is 0 Å². The van der Waals surface area contributed by atoms with E-state index in [2.05, 4.69) is 34.6 Å². The van der Waals surface area contributed by atoms with Gasteiger partial charge in [0.05, 0.1) is 12.5 Å². The number of aliphatic hydroxyl groups excluding tert-OH is 2. The van der Waals surface area contributed by atoms with Crippen LogP contribution in [0, 0.1) is 17.8 Å². The minimum atomic E-state index is -0.981. The Hall–Kier alpha value is -0.910. The van der Waals surface area contributed by atoms with E-state index in [1.54, 1.807) is 0 Å².